The number of aromatic nitrogens is 4. The molecule has 6 heteroatoms. The van der Waals surface area contributed by atoms with Crippen LogP contribution in [-0.4, -0.2) is 19.7 Å². The zero-order valence-electron chi connectivity index (χ0n) is 13.7. The van der Waals surface area contributed by atoms with Gasteiger partial charge in [-0.1, -0.05) is 60.7 Å². The fraction of sp³-hybridized carbons (Fsp3) is 0.105. The molecule has 0 radical (unpaired) electrons. The van der Waals surface area contributed by atoms with E-state index in [1.807, 2.05) is 60.7 Å². The average molecular weight is 331 g/mol. The number of benzene rings is 2. The van der Waals surface area contributed by atoms with Gasteiger partial charge < -0.3 is 5.32 Å². The van der Waals surface area contributed by atoms with Gasteiger partial charge in [-0.15, -0.1) is 0 Å². The van der Waals surface area contributed by atoms with Gasteiger partial charge in [0.2, 0.25) is 5.95 Å². The molecule has 2 heterocycles. The molecule has 0 saturated heterocycles. The van der Waals surface area contributed by atoms with E-state index in [1.54, 1.807) is 11.7 Å². The lowest BCUT2D eigenvalue weighted by Gasteiger charge is -2.20. The molecule has 4 rings (SSSR count). The first-order chi connectivity index (χ1) is 12.2. The largest absolute Gasteiger partial charge is 0.345 e. The Hall–Kier alpha value is -3.41. The Morgan fingerprint density at radius 1 is 1.00 bits per heavy atom. The van der Waals surface area contributed by atoms with Crippen molar-refractivity contribution in [3.05, 3.63) is 88.3 Å². The van der Waals surface area contributed by atoms with E-state index in [0.29, 0.717) is 17.0 Å². The smallest absolute Gasteiger partial charge is 0.263 e. The van der Waals surface area contributed by atoms with Crippen LogP contribution in [0.4, 0.5) is 5.95 Å². The second kappa shape index (κ2) is 6.24. The van der Waals surface area contributed by atoms with Crippen LogP contribution in [0.25, 0.3) is 11.0 Å². The third-order valence-corrected chi connectivity index (χ3v) is 4.15. The van der Waals surface area contributed by atoms with Gasteiger partial charge in [-0.3, -0.25) is 14.5 Å². The molecule has 0 amide bonds. The lowest BCUT2D eigenvalue weighted by molar-refractivity contribution is 0.784. The monoisotopic (exact) mass is 331 g/mol. The lowest BCUT2D eigenvalue weighted by atomic mass is 9.99. The Morgan fingerprint density at radius 3 is 2.20 bits per heavy atom. The van der Waals surface area contributed by atoms with Crippen LogP contribution in [0.3, 0.4) is 0 Å². The number of anilines is 1. The van der Waals surface area contributed by atoms with Crippen molar-refractivity contribution in [2.24, 2.45) is 7.05 Å². The zero-order valence-corrected chi connectivity index (χ0v) is 13.7. The normalized spacial score (nSPS) is 11.1. The number of aryl methyl sites for hydroxylation is 1. The molecule has 4 aromatic rings. The molecule has 0 aliphatic heterocycles. The molecule has 6 nitrogen and oxygen atoms in total. The standard InChI is InChI=1S/C19H17N5O/c1-24-17-15(12-20-24)18(25)23-19(22-17)21-16(13-8-4-2-5-9-13)14-10-6-3-7-11-14/h2-12,16H,1H3,(H2,21,22,23,25). The summed E-state index contributed by atoms with van der Waals surface area (Å²) in [5.74, 6) is 0.416. The van der Waals surface area contributed by atoms with Gasteiger partial charge in [0.15, 0.2) is 5.65 Å². The number of aromatic amines is 1. The highest BCUT2D eigenvalue weighted by atomic mass is 16.1. The number of nitrogens with zero attached hydrogens (tertiary/aromatic N) is 3. The summed E-state index contributed by atoms with van der Waals surface area (Å²) in [6.45, 7) is 0. The van der Waals surface area contributed by atoms with E-state index >= 15 is 0 Å². The van der Waals surface area contributed by atoms with Gasteiger partial charge in [-0.2, -0.15) is 10.1 Å². The summed E-state index contributed by atoms with van der Waals surface area (Å²) in [7, 11) is 1.77. The van der Waals surface area contributed by atoms with Crippen LogP contribution in [0.2, 0.25) is 0 Å². The Morgan fingerprint density at radius 2 is 1.60 bits per heavy atom. The number of nitrogens with one attached hydrogen (secondary N) is 2. The third-order valence-electron chi connectivity index (χ3n) is 4.15. The maximum Gasteiger partial charge on any atom is 0.263 e. The summed E-state index contributed by atoms with van der Waals surface area (Å²) in [5, 5.41) is 7.93. The first-order valence-electron chi connectivity index (χ1n) is 8.01. The molecular formula is C19H17N5O. The van der Waals surface area contributed by atoms with Crippen molar-refractivity contribution in [2.75, 3.05) is 5.32 Å². The number of hydrogen-bond donors (Lipinski definition) is 2. The Bertz CT molecular complexity index is 1010. The van der Waals surface area contributed by atoms with Gasteiger partial charge in [0, 0.05) is 7.05 Å². The Balaban J connectivity index is 1.79. The van der Waals surface area contributed by atoms with E-state index in [4.69, 9.17) is 0 Å². The summed E-state index contributed by atoms with van der Waals surface area (Å²) in [5.41, 5.74) is 2.51. The van der Waals surface area contributed by atoms with Crippen molar-refractivity contribution in [2.45, 2.75) is 6.04 Å². The first-order valence-corrected chi connectivity index (χ1v) is 8.01. The maximum atomic E-state index is 12.3. The van der Waals surface area contributed by atoms with Crippen LogP contribution in [-0.2, 0) is 7.05 Å². The van der Waals surface area contributed by atoms with Crippen molar-refractivity contribution in [1.29, 1.82) is 0 Å². The molecule has 0 saturated carbocycles. The van der Waals surface area contributed by atoms with E-state index in [9.17, 15) is 4.79 Å². The molecule has 0 unspecified atom stereocenters. The van der Waals surface area contributed by atoms with Gasteiger partial charge >= 0.3 is 0 Å². The third kappa shape index (κ3) is 2.89. The van der Waals surface area contributed by atoms with Crippen molar-refractivity contribution < 1.29 is 0 Å². The second-order valence-corrected chi connectivity index (χ2v) is 5.82. The molecule has 25 heavy (non-hydrogen) atoms. The Kier molecular flexibility index (Phi) is 3.78. The minimum atomic E-state index is -0.208. The van der Waals surface area contributed by atoms with Crippen LogP contribution in [0.15, 0.2) is 71.7 Å². The van der Waals surface area contributed by atoms with Crippen LogP contribution >= 0.6 is 0 Å². The average Bonchev–Trinajstić information content (AvgIpc) is 3.03. The molecule has 0 fully saturated rings. The molecule has 2 aromatic carbocycles. The van der Waals surface area contributed by atoms with Crippen LogP contribution in [0.1, 0.15) is 17.2 Å². The van der Waals surface area contributed by atoms with Crippen molar-refractivity contribution in [1.82, 2.24) is 19.7 Å². The molecule has 0 aliphatic rings. The van der Waals surface area contributed by atoms with Gasteiger partial charge in [0.25, 0.3) is 5.56 Å². The van der Waals surface area contributed by atoms with Crippen molar-refractivity contribution in [3.63, 3.8) is 0 Å². The molecule has 0 bridgehead atoms. The van der Waals surface area contributed by atoms with E-state index in [-0.39, 0.29) is 11.6 Å². The minimum absolute atomic E-state index is 0.128. The highest BCUT2D eigenvalue weighted by Gasteiger charge is 2.16. The summed E-state index contributed by atoms with van der Waals surface area (Å²) in [4.78, 5) is 19.6. The van der Waals surface area contributed by atoms with E-state index < -0.39 is 0 Å². The minimum Gasteiger partial charge on any atom is -0.345 e. The van der Waals surface area contributed by atoms with Gasteiger partial charge in [0.1, 0.15) is 5.39 Å². The van der Waals surface area contributed by atoms with Gasteiger partial charge in [-0.25, -0.2) is 0 Å². The lowest BCUT2D eigenvalue weighted by Crippen LogP contribution is -2.18. The van der Waals surface area contributed by atoms with E-state index in [0.717, 1.165) is 11.1 Å². The fourth-order valence-corrected chi connectivity index (χ4v) is 2.89. The van der Waals surface area contributed by atoms with Gasteiger partial charge in [-0.05, 0) is 11.1 Å². The first kappa shape index (κ1) is 15.1. The molecule has 0 aliphatic carbocycles. The van der Waals surface area contributed by atoms with Crippen LogP contribution in [0, 0.1) is 0 Å². The second-order valence-electron chi connectivity index (χ2n) is 5.82. The summed E-state index contributed by atoms with van der Waals surface area (Å²) < 4.78 is 1.59. The predicted octanol–water partition coefficient (Wildman–Crippen LogP) is 2.86. The number of fused-ring (bicyclic) bond motifs is 1. The maximum absolute atomic E-state index is 12.3. The van der Waals surface area contributed by atoms with Crippen LogP contribution in [0.5, 0.6) is 0 Å². The quantitative estimate of drug-likeness (QED) is 0.603. The highest BCUT2D eigenvalue weighted by molar-refractivity contribution is 5.74. The van der Waals surface area contributed by atoms with Gasteiger partial charge in [0.05, 0.1) is 12.2 Å². The molecule has 2 aromatic heterocycles. The molecular weight excluding hydrogens is 314 g/mol. The van der Waals surface area contributed by atoms with E-state index in [2.05, 4.69) is 20.4 Å². The SMILES string of the molecule is Cn1ncc2c(=O)[nH]c(NC(c3ccccc3)c3ccccc3)nc21. The highest BCUT2D eigenvalue weighted by Crippen LogP contribution is 2.25. The molecule has 124 valence electrons. The Labute approximate surface area is 144 Å². The van der Waals surface area contributed by atoms with Crippen molar-refractivity contribution >= 4 is 17.0 Å². The number of hydrogen-bond acceptors (Lipinski definition) is 4. The van der Waals surface area contributed by atoms with E-state index in [1.165, 1.54) is 6.20 Å². The fourth-order valence-electron chi connectivity index (χ4n) is 2.89. The molecule has 0 atom stereocenters. The summed E-state index contributed by atoms with van der Waals surface area (Å²) >= 11 is 0. The van der Waals surface area contributed by atoms with Crippen LogP contribution < -0.4 is 10.9 Å². The van der Waals surface area contributed by atoms with Crippen molar-refractivity contribution in [3.8, 4) is 0 Å². The number of rotatable bonds is 4. The summed E-state index contributed by atoms with van der Waals surface area (Å²) in [6.07, 6.45) is 1.52. The molecule has 2 N–H and O–H groups in total. The summed E-state index contributed by atoms with van der Waals surface area (Å²) in [6, 6.07) is 20.0. The predicted molar refractivity (Wildman–Crippen MR) is 97.5 cm³/mol. The topological polar surface area (TPSA) is 75.6 Å². The zero-order chi connectivity index (χ0) is 17.2. The molecule has 0 spiro atoms. The number of H-pyrrole nitrogens is 1.